The molecule has 0 unspecified atom stereocenters. The van der Waals surface area contributed by atoms with Crippen LogP contribution >= 0.6 is 0 Å². The van der Waals surface area contributed by atoms with Gasteiger partial charge in [-0.2, -0.15) is 0 Å². The van der Waals surface area contributed by atoms with Crippen LogP contribution in [0, 0.1) is 40.9 Å². The Hall–Kier alpha value is -0.963. The van der Waals surface area contributed by atoms with E-state index in [4.69, 9.17) is 0 Å². The molecule has 160 valence electrons. The highest BCUT2D eigenvalue weighted by Gasteiger charge is 2.60. The number of rotatable bonds is 4. The van der Waals surface area contributed by atoms with Crippen LogP contribution in [0.1, 0.15) is 58.8 Å². The van der Waals surface area contributed by atoms with Gasteiger partial charge in [0.2, 0.25) is 0 Å². The molecule has 0 saturated heterocycles. The predicted molar refractivity (Wildman–Crippen MR) is 122 cm³/mol. The third-order valence-electron chi connectivity index (χ3n) is 8.75. The van der Waals surface area contributed by atoms with Crippen LogP contribution in [-0.2, 0) is 9.59 Å². The SMILES string of the molecule is C=C(C[C@@H]1C[C@H]2[C@@H]3CC=C4CC(=O)CC[C@@H]4[C@H]3[C@@H](C)C[C@]2(C)C1=O)C[Si](C)(C)C. The van der Waals surface area contributed by atoms with Crippen molar-refractivity contribution in [2.24, 2.45) is 40.9 Å². The number of hydrogen-bond donors (Lipinski definition) is 0. The van der Waals surface area contributed by atoms with E-state index in [1.165, 1.54) is 11.1 Å². The van der Waals surface area contributed by atoms with E-state index in [0.717, 1.165) is 44.6 Å². The molecule has 4 rings (SSSR count). The molecule has 0 aromatic carbocycles. The van der Waals surface area contributed by atoms with Crippen molar-refractivity contribution in [1.29, 1.82) is 0 Å². The lowest BCUT2D eigenvalue weighted by Gasteiger charge is -2.54. The number of allylic oxidation sites excluding steroid dienone is 3. The third kappa shape index (κ3) is 3.77. The summed E-state index contributed by atoms with van der Waals surface area (Å²) in [5.41, 5.74) is 2.61. The van der Waals surface area contributed by atoms with Gasteiger partial charge in [-0.25, -0.2) is 0 Å². The van der Waals surface area contributed by atoms with E-state index in [1.807, 2.05) is 0 Å². The lowest BCUT2D eigenvalue weighted by molar-refractivity contribution is -0.135. The molecule has 4 aliphatic carbocycles. The Kier molecular flexibility index (Phi) is 5.37. The molecule has 0 aromatic rings. The summed E-state index contributed by atoms with van der Waals surface area (Å²) in [5.74, 6) is 4.17. The molecule has 29 heavy (non-hydrogen) atoms. The Morgan fingerprint density at radius 3 is 2.69 bits per heavy atom. The largest absolute Gasteiger partial charge is 0.299 e. The van der Waals surface area contributed by atoms with E-state index >= 15 is 0 Å². The zero-order chi connectivity index (χ0) is 21.1. The molecular formula is C26H40O2Si. The third-order valence-corrected chi connectivity index (χ3v) is 10.3. The molecule has 0 heterocycles. The predicted octanol–water partition coefficient (Wildman–Crippen LogP) is 6.45. The Labute approximate surface area is 178 Å². The molecule has 0 radical (unpaired) electrons. The average molecular weight is 413 g/mol. The monoisotopic (exact) mass is 412 g/mol. The second kappa shape index (κ2) is 7.32. The second-order valence-corrected chi connectivity index (χ2v) is 17.8. The minimum atomic E-state index is -1.18. The zero-order valence-electron chi connectivity index (χ0n) is 19.2. The summed E-state index contributed by atoms with van der Waals surface area (Å²) < 4.78 is 0. The molecule has 0 spiro atoms. The van der Waals surface area contributed by atoms with Crippen LogP contribution in [0.25, 0.3) is 0 Å². The summed E-state index contributed by atoms with van der Waals surface area (Å²) >= 11 is 0. The number of carbonyl (C=O) groups is 2. The summed E-state index contributed by atoms with van der Waals surface area (Å²) in [7, 11) is -1.18. The van der Waals surface area contributed by atoms with Crippen LogP contribution in [0.4, 0.5) is 0 Å². The van der Waals surface area contributed by atoms with E-state index < -0.39 is 8.07 Å². The quantitative estimate of drug-likeness (QED) is 0.392. The van der Waals surface area contributed by atoms with Gasteiger partial charge >= 0.3 is 0 Å². The van der Waals surface area contributed by atoms with E-state index in [0.29, 0.717) is 47.6 Å². The van der Waals surface area contributed by atoms with Crippen molar-refractivity contribution in [2.75, 3.05) is 0 Å². The van der Waals surface area contributed by atoms with Gasteiger partial charge in [-0.1, -0.05) is 50.7 Å². The minimum absolute atomic E-state index is 0.138. The standard InChI is InChI=1S/C26H40O2Si/c1-16(15-29(4,5)6)11-19-13-23-22-9-7-18-12-20(27)8-10-21(18)24(22)17(2)14-26(23,3)25(19)28/h7,17,19,21-24H,1,8-15H2,2-6H3/t17-,19+,21-,22-,23-,24+,26-/m0/s1. The molecule has 0 aliphatic heterocycles. The fraction of sp³-hybridized carbons (Fsp3) is 0.769. The van der Waals surface area contributed by atoms with Gasteiger partial charge in [0.15, 0.2) is 0 Å². The molecule has 3 fully saturated rings. The maximum atomic E-state index is 13.6. The number of ketones is 2. The number of fused-ring (bicyclic) bond motifs is 5. The Morgan fingerprint density at radius 1 is 1.28 bits per heavy atom. The first-order valence-corrected chi connectivity index (χ1v) is 15.6. The highest BCUT2D eigenvalue weighted by Crippen LogP contribution is 2.63. The van der Waals surface area contributed by atoms with Crippen LogP contribution in [0.15, 0.2) is 23.8 Å². The van der Waals surface area contributed by atoms with Crippen molar-refractivity contribution < 1.29 is 9.59 Å². The summed E-state index contributed by atoms with van der Waals surface area (Å²) in [6.45, 7) is 16.2. The molecule has 0 N–H and O–H groups in total. The first-order valence-electron chi connectivity index (χ1n) is 11.9. The van der Waals surface area contributed by atoms with E-state index in [1.54, 1.807) is 0 Å². The van der Waals surface area contributed by atoms with E-state index in [2.05, 4.69) is 46.1 Å². The molecule has 0 bridgehead atoms. The summed E-state index contributed by atoms with van der Waals surface area (Å²) in [4.78, 5) is 25.6. The maximum Gasteiger partial charge on any atom is 0.142 e. The van der Waals surface area contributed by atoms with Gasteiger partial charge in [-0.3, -0.25) is 9.59 Å². The Bertz CT molecular complexity index is 757. The van der Waals surface area contributed by atoms with Gasteiger partial charge in [0.1, 0.15) is 11.6 Å². The maximum absolute atomic E-state index is 13.6. The molecular weight excluding hydrogens is 372 g/mol. The summed E-state index contributed by atoms with van der Waals surface area (Å²) in [6.07, 6.45) is 9.03. The lowest BCUT2D eigenvalue weighted by Crippen LogP contribution is -2.49. The van der Waals surface area contributed by atoms with Crippen molar-refractivity contribution >= 4 is 19.6 Å². The van der Waals surface area contributed by atoms with Gasteiger partial charge in [-0.15, -0.1) is 6.58 Å². The lowest BCUT2D eigenvalue weighted by atomic mass is 9.50. The fourth-order valence-electron chi connectivity index (χ4n) is 7.98. The van der Waals surface area contributed by atoms with Gasteiger partial charge < -0.3 is 0 Å². The Morgan fingerprint density at radius 2 is 2.00 bits per heavy atom. The van der Waals surface area contributed by atoms with Crippen molar-refractivity contribution in [3.8, 4) is 0 Å². The van der Waals surface area contributed by atoms with Crippen molar-refractivity contribution in [3.05, 3.63) is 23.8 Å². The molecule has 3 saturated carbocycles. The molecule has 4 aliphatic rings. The van der Waals surface area contributed by atoms with Gasteiger partial charge in [0.25, 0.3) is 0 Å². The molecule has 2 nitrogen and oxygen atoms in total. The van der Waals surface area contributed by atoms with E-state index in [9.17, 15) is 9.59 Å². The minimum Gasteiger partial charge on any atom is -0.299 e. The summed E-state index contributed by atoms with van der Waals surface area (Å²) in [5, 5.41) is 0. The fourth-order valence-corrected chi connectivity index (χ4v) is 9.62. The first kappa shape index (κ1) is 21.3. The topological polar surface area (TPSA) is 34.1 Å². The van der Waals surface area contributed by atoms with Crippen LogP contribution in [0.3, 0.4) is 0 Å². The highest BCUT2D eigenvalue weighted by molar-refractivity contribution is 6.76. The highest BCUT2D eigenvalue weighted by atomic mass is 28.3. The number of hydrogen-bond acceptors (Lipinski definition) is 2. The number of Topliss-reactive ketones (excluding diaryl/α,β-unsaturated/α-hetero) is 2. The van der Waals surface area contributed by atoms with Crippen LogP contribution < -0.4 is 0 Å². The van der Waals surface area contributed by atoms with Crippen LogP contribution in [0.5, 0.6) is 0 Å². The van der Waals surface area contributed by atoms with E-state index in [-0.39, 0.29) is 11.3 Å². The first-order chi connectivity index (χ1) is 13.5. The van der Waals surface area contributed by atoms with Crippen molar-refractivity contribution in [1.82, 2.24) is 0 Å². The van der Waals surface area contributed by atoms with Crippen LogP contribution in [0.2, 0.25) is 25.7 Å². The number of carbonyl (C=O) groups excluding carboxylic acids is 2. The molecule has 0 amide bonds. The average Bonchev–Trinajstić information content (AvgIpc) is 2.84. The van der Waals surface area contributed by atoms with Crippen molar-refractivity contribution in [2.45, 2.75) is 84.5 Å². The van der Waals surface area contributed by atoms with Gasteiger partial charge in [0.05, 0.1) is 0 Å². The normalized spacial score (nSPS) is 42.0. The zero-order valence-corrected chi connectivity index (χ0v) is 20.2. The van der Waals surface area contributed by atoms with Gasteiger partial charge in [-0.05, 0) is 67.7 Å². The van der Waals surface area contributed by atoms with Crippen molar-refractivity contribution in [3.63, 3.8) is 0 Å². The summed E-state index contributed by atoms with van der Waals surface area (Å²) in [6, 6.07) is 1.14. The smallest absolute Gasteiger partial charge is 0.142 e. The molecule has 3 heteroatoms. The molecule has 0 aromatic heterocycles. The Balaban J connectivity index is 1.56. The van der Waals surface area contributed by atoms with Gasteiger partial charge in [0, 0.05) is 32.2 Å². The second-order valence-electron chi connectivity index (χ2n) is 12.3. The molecule has 7 atom stereocenters. The van der Waals surface area contributed by atoms with Crippen LogP contribution in [-0.4, -0.2) is 19.6 Å².